The van der Waals surface area contributed by atoms with E-state index in [2.05, 4.69) is 42.7 Å². The van der Waals surface area contributed by atoms with Crippen LogP contribution in [-0.2, 0) is 12.6 Å². The molecule has 0 radical (unpaired) electrons. The van der Waals surface area contributed by atoms with Crippen molar-refractivity contribution in [3.8, 4) is 23.7 Å². The molecule has 34 heavy (non-hydrogen) atoms. The summed E-state index contributed by atoms with van der Waals surface area (Å²) in [6.07, 6.45) is -2.26. The van der Waals surface area contributed by atoms with Crippen molar-refractivity contribution in [2.75, 3.05) is 0 Å². The molecule has 4 aromatic carbocycles. The normalized spacial score (nSPS) is 10.9. The van der Waals surface area contributed by atoms with Gasteiger partial charge in [0.15, 0.2) is 0 Å². The van der Waals surface area contributed by atoms with Crippen LogP contribution in [0.25, 0.3) is 10.8 Å². The van der Waals surface area contributed by atoms with Gasteiger partial charge in [0.2, 0.25) is 0 Å². The quantitative estimate of drug-likeness (QED) is 0.214. The molecular formula is C30H20F4. The van der Waals surface area contributed by atoms with Crippen molar-refractivity contribution in [1.82, 2.24) is 0 Å². The molecule has 0 aliphatic carbocycles. The molecule has 0 saturated heterocycles. The van der Waals surface area contributed by atoms with Crippen molar-refractivity contribution in [1.29, 1.82) is 0 Å². The standard InChI is InChI=1S/C30H20F4/c1-2-3-21-4-6-22(7-5-21)8-9-24-13-19-28-26(20-24)16-15-25(29(28)31)14-10-23-11-17-27(18-12-23)30(32,33)34/h4-7,11-13,15-20H,2-3H2,1H3. The summed E-state index contributed by atoms with van der Waals surface area (Å²) in [5, 5.41) is 1.11. The van der Waals surface area contributed by atoms with E-state index in [0.717, 1.165) is 36.1 Å². The number of alkyl halides is 3. The Morgan fingerprint density at radius 2 is 1.26 bits per heavy atom. The molecule has 0 heterocycles. The third-order valence-corrected chi connectivity index (χ3v) is 5.35. The lowest BCUT2D eigenvalue weighted by atomic mass is 10.0. The molecule has 0 unspecified atom stereocenters. The first-order chi connectivity index (χ1) is 16.3. The Hall–Kier alpha value is -4.02. The summed E-state index contributed by atoms with van der Waals surface area (Å²) in [6, 6.07) is 21.2. The molecule has 168 valence electrons. The van der Waals surface area contributed by atoms with Crippen molar-refractivity contribution in [2.24, 2.45) is 0 Å². The summed E-state index contributed by atoms with van der Waals surface area (Å²) in [5.74, 6) is 11.2. The van der Waals surface area contributed by atoms with E-state index in [1.807, 2.05) is 18.2 Å². The second kappa shape index (κ2) is 9.86. The van der Waals surface area contributed by atoms with Crippen molar-refractivity contribution in [2.45, 2.75) is 25.9 Å². The highest BCUT2D eigenvalue weighted by molar-refractivity contribution is 5.86. The maximum atomic E-state index is 15.0. The molecule has 0 atom stereocenters. The van der Waals surface area contributed by atoms with Gasteiger partial charge in [-0.1, -0.05) is 61.3 Å². The zero-order valence-corrected chi connectivity index (χ0v) is 18.4. The van der Waals surface area contributed by atoms with Crippen LogP contribution in [0.3, 0.4) is 0 Å². The summed E-state index contributed by atoms with van der Waals surface area (Å²) in [5.41, 5.74) is 2.78. The smallest absolute Gasteiger partial charge is 0.205 e. The Bertz CT molecular complexity index is 1440. The van der Waals surface area contributed by atoms with E-state index in [0.29, 0.717) is 16.3 Å². The molecule has 0 fully saturated rings. The number of aryl methyl sites for hydroxylation is 1. The van der Waals surface area contributed by atoms with Crippen molar-refractivity contribution in [3.63, 3.8) is 0 Å². The van der Waals surface area contributed by atoms with Gasteiger partial charge in [0.1, 0.15) is 5.82 Å². The van der Waals surface area contributed by atoms with Gasteiger partial charge in [0.25, 0.3) is 0 Å². The Balaban J connectivity index is 1.55. The van der Waals surface area contributed by atoms with E-state index in [1.165, 1.54) is 17.7 Å². The lowest BCUT2D eigenvalue weighted by molar-refractivity contribution is -0.137. The monoisotopic (exact) mass is 456 g/mol. The highest BCUT2D eigenvalue weighted by Crippen LogP contribution is 2.29. The van der Waals surface area contributed by atoms with Crippen molar-refractivity contribution < 1.29 is 17.6 Å². The van der Waals surface area contributed by atoms with Crippen LogP contribution in [-0.4, -0.2) is 0 Å². The van der Waals surface area contributed by atoms with Crippen molar-refractivity contribution >= 4 is 10.8 Å². The van der Waals surface area contributed by atoms with Crippen LogP contribution in [0.2, 0.25) is 0 Å². The first kappa shape index (κ1) is 23.1. The van der Waals surface area contributed by atoms with Crippen LogP contribution in [0.1, 0.15) is 46.7 Å². The topological polar surface area (TPSA) is 0 Å². The predicted molar refractivity (Wildman–Crippen MR) is 128 cm³/mol. The molecular weight excluding hydrogens is 436 g/mol. The molecule has 0 nitrogen and oxygen atoms in total. The van der Waals surface area contributed by atoms with Gasteiger partial charge in [-0.25, -0.2) is 4.39 Å². The van der Waals surface area contributed by atoms with Gasteiger partial charge in [-0.15, -0.1) is 0 Å². The first-order valence-electron chi connectivity index (χ1n) is 10.9. The summed E-state index contributed by atoms with van der Waals surface area (Å²) >= 11 is 0. The number of rotatable bonds is 2. The summed E-state index contributed by atoms with van der Waals surface area (Å²) in [4.78, 5) is 0. The van der Waals surface area contributed by atoms with Crippen LogP contribution in [0.15, 0.2) is 78.9 Å². The van der Waals surface area contributed by atoms with Crippen LogP contribution < -0.4 is 0 Å². The van der Waals surface area contributed by atoms with E-state index in [-0.39, 0.29) is 5.56 Å². The fourth-order valence-electron chi connectivity index (χ4n) is 3.54. The lowest BCUT2D eigenvalue weighted by Crippen LogP contribution is -2.04. The second-order valence-corrected chi connectivity index (χ2v) is 7.89. The average molecular weight is 456 g/mol. The molecule has 0 saturated carbocycles. The second-order valence-electron chi connectivity index (χ2n) is 7.89. The number of hydrogen-bond acceptors (Lipinski definition) is 0. The minimum absolute atomic E-state index is 0.179. The van der Waals surface area contributed by atoms with E-state index >= 15 is 0 Å². The SMILES string of the molecule is CCCc1ccc(C#Cc2ccc3c(F)c(C#Cc4ccc(C(F)(F)F)cc4)ccc3c2)cc1. The highest BCUT2D eigenvalue weighted by Gasteiger charge is 2.29. The summed E-state index contributed by atoms with van der Waals surface area (Å²) < 4.78 is 53.0. The van der Waals surface area contributed by atoms with Gasteiger partial charge < -0.3 is 0 Å². The van der Waals surface area contributed by atoms with Gasteiger partial charge in [0, 0.05) is 22.1 Å². The molecule has 0 aromatic heterocycles. The lowest BCUT2D eigenvalue weighted by Gasteiger charge is -2.05. The van der Waals surface area contributed by atoms with Gasteiger partial charge in [-0.3, -0.25) is 0 Å². The maximum absolute atomic E-state index is 15.0. The zero-order chi connectivity index (χ0) is 24.1. The van der Waals surface area contributed by atoms with E-state index in [9.17, 15) is 17.6 Å². The van der Waals surface area contributed by atoms with Crippen LogP contribution in [0.5, 0.6) is 0 Å². The molecule has 0 aliphatic rings. The zero-order valence-electron chi connectivity index (χ0n) is 18.4. The fourth-order valence-corrected chi connectivity index (χ4v) is 3.54. The van der Waals surface area contributed by atoms with Crippen LogP contribution in [0, 0.1) is 29.5 Å². The summed E-state index contributed by atoms with van der Waals surface area (Å²) in [7, 11) is 0. The van der Waals surface area contributed by atoms with Gasteiger partial charge in [-0.05, 0) is 72.0 Å². The fraction of sp³-hybridized carbons (Fsp3) is 0.133. The Morgan fingerprint density at radius 1 is 0.676 bits per heavy atom. The summed E-state index contributed by atoms with van der Waals surface area (Å²) in [6.45, 7) is 2.14. The van der Waals surface area contributed by atoms with Crippen LogP contribution in [0.4, 0.5) is 17.6 Å². The van der Waals surface area contributed by atoms with Crippen LogP contribution >= 0.6 is 0 Å². The van der Waals surface area contributed by atoms with E-state index in [4.69, 9.17) is 0 Å². The molecule has 0 bridgehead atoms. The Morgan fingerprint density at radius 3 is 1.91 bits per heavy atom. The predicted octanol–water partition coefficient (Wildman–Crippen LogP) is 7.75. The van der Waals surface area contributed by atoms with Gasteiger partial charge in [-0.2, -0.15) is 13.2 Å². The van der Waals surface area contributed by atoms with E-state index in [1.54, 1.807) is 24.3 Å². The van der Waals surface area contributed by atoms with Gasteiger partial charge in [0.05, 0.1) is 11.1 Å². The molecule has 4 heteroatoms. The third-order valence-electron chi connectivity index (χ3n) is 5.35. The largest absolute Gasteiger partial charge is 0.416 e. The molecule has 0 amide bonds. The Labute approximate surface area is 196 Å². The minimum atomic E-state index is -4.40. The molecule has 0 spiro atoms. The van der Waals surface area contributed by atoms with E-state index < -0.39 is 17.6 Å². The number of benzene rings is 4. The number of hydrogen-bond donors (Lipinski definition) is 0. The van der Waals surface area contributed by atoms with Crippen molar-refractivity contribution in [3.05, 3.63) is 118 Å². The third kappa shape index (κ3) is 5.48. The molecule has 0 N–H and O–H groups in total. The Kier molecular flexibility index (Phi) is 6.71. The maximum Gasteiger partial charge on any atom is 0.416 e. The molecule has 4 rings (SSSR count). The minimum Gasteiger partial charge on any atom is -0.205 e. The first-order valence-corrected chi connectivity index (χ1v) is 10.9. The van der Waals surface area contributed by atoms with Gasteiger partial charge >= 0.3 is 6.18 Å². The molecule has 0 aliphatic heterocycles. The number of fused-ring (bicyclic) bond motifs is 1. The average Bonchev–Trinajstić information content (AvgIpc) is 2.83. The highest BCUT2D eigenvalue weighted by atomic mass is 19.4. The molecule has 4 aromatic rings. The number of halogens is 4.